The van der Waals surface area contributed by atoms with Gasteiger partial charge in [-0.15, -0.1) is 0 Å². The lowest BCUT2D eigenvalue weighted by molar-refractivity contribution is -0.118. The van der Waals surface area contributed by atoms with Gasteiger partial charge < -0.3 is 23.9 Å². The Morgan fingerprint density at radius 1 is 0.844 bits per heavy atom. The molecule has 1 aromatic heterocycles. The summed E-state index contributed by atoms with van der Waals surface area (Å²) in [6.07, 6.45) is 0. The van der Waals surface area contributed by atoms with Crippen LogP contribution in [0, 0.1) is 0 Å². The molecule has 32 heavy (non-hydrogen) atoms. The molecule has 162 valence electrons. The van der Waals surface area contributed by atoms with Gasteiger partial charge in [0.05, 0.1) is 19.9 Å². The number of methoxy groups -OCH3 is 2. The summed E-state index contributed by atoms with van der Waals surface area (Å²) in [6, 6.07) is 20.8. The van der Waals surface area contributed by atoms with Crippen LogP contribution >= 0.6 is 0 Å². The molecule has 0 unspecified atom stereocenters. The number of fused-ring (bicyclic) bond motifs is 1. The summed E-state index contributed by atoms with van der Waals surface area (Å²) in [5.74, 6) is 0.890. The molecule has 7 heteroatoms. The van der Waals surface area contributed by atoms with Crippen LogP contribution < -0.4 is 19.5 Å². The molecule has 0 spiro atoms. The van der Waals surface area contributed by atoms with Crippen molar-refractivity contribution < 1.29 is 28.2 Å². The third kappa shape index (κ3) is 4.41. The van der Waals surface area contributed by atoms with E-state index < -0.39 is 5.91 Å². The fourth-order valence-electron chi connectivity index (χ4n) is 3.24. The van der Waals surface area contributed by atoms with Crippen molar-refractivity contribution in [3.05, 3.63) is 84.1 Å². The third-order valence-corrected chi connectivity index (χ3v) is 4.81. The van der Waals surface area contributed by atoms with Crippen LogP contribution in [-0.2, 0) is 4.79 Å². The maximum absolute atomic E-state index is 13.2. The molecule has 0 aliphatic carbocycles. The van der Waals surface area contributed by atoms with E-state index in [1.54, 1.807) is 79.9 Å². The first-order chi connectivity index (χ1) is 15.6. The van der Waals surface area contributed by atoms with Crippen molar-refractivity contribution in [3.8, 4) is 17.2 Å². The van der Waals surface area contributed by atoms with Gasteiger partial charge in [0, 0.05) is 17.0 Å². The summed E-state index contributed by atoms with van der Waals surface area (Å²) in [7, 11) is 3.08. The number of para-hydroxylation sites is 1. The van der Waals surface area contributed by atoms with Crippen LogP contribution in [0.15, 0.2) is 77.2 Å². The Labute approximate surface area is 184 Å². The maximum atomic E-state index is 13.2. The summed E-state index contributed by atoms with van der Waals surface area (Å²) in [5.41, 5.74) is 1.17. The van der Waals surface area contributed by atoms with Crippen molar-refractivity contribution in [3.63, 3.8) is 0 Å². The lowest BCUT2D eigenvalue weighted by Crippen LogP contribution is -2.21. The van der Waals surface area contributed by atoms with Crippen LogP contribution in [-0.4, -0.2) is 32.5 Å². The molecule has 3 aromatic carbocycles. The standard InChI is InChI=1S/C25H21NO6/c1-29-17-8-5-7-16(13-17)24(28)25-23(20-11-3-4-12-21(20)32-25)26-22(27)15-31-19-10-6-9-18(14-19)30-2/h3-14H,15H2,1-2H3,(H,26,27). The smallest absolute Gasteiger partial charge is 0.262 e. The summed E-state index contributed by atoms with van der Waals surface area (Å²) in [4.78, 5) is 25.8. The number of carbonyl (C=O) groups excluding carboxylic acids is 2. The monoisotopic (exact) mass is 431 g/mol. The van der Waals surface area contributed by atoms with E-state index in [0.29, 0.717) is 39.5 Å². The van der Waals surface area contributed by atoms with Gasteiger partial charge in [-0.25, -0.2) is 0 Å². The van der Waals surface area contributed by atoms with E-state index >= 15 is 0 Å². The number of rotatable bonds is 8. The van der Waals surface area contributed by atoms with Gasteiger partial charge in [0.1, 0.15) is 22.8 Å². The zero-order valence-corrected chi connectivity index (χ0v) is 17.6. The van der Waals surface area contributed by atoms with Gasteiger partial charge in [-0.2, -0.15) is 0 Å². The molecule has 0 fully saturated rings. The quantitative estimate of drug-likeness (QED) is 0.407. The summed E-state index contributed by atoms with van der Waals surface area (Å²) < 4.78 is 21.7. The van der Waals surface area contributed by atoms with Crippen molar-refractivity contribution in [2.75, 3.05) is 26.1 Å². The third-order valence-electron chi connectivity index (χ3n) is 4.81. The minimum atomic E-state index is -0.431. The zero-order chi connectivity index (χ0) is 22.5. The lowest BCUT2D eigenvalue weighted by Gasteiger charge is -2.09. The van der Waals surface area contributed by atoms with E-state index in [1.165, 1.54) is 7.11 Å². The van der Waals surface area contributed by atoms with E-state index in [4.69, 9.17) is 18.6 Å². The van der Waals surface area contributed by atoms with Crippen molar-refractivity contribution >= 4 is 28.3 Å². The van der Waals surface area contributed by atoms with E-state index in [0.717, 1.165) is 0 Å². The second-order valence-corrected chi connectivity index (χ2v) is 6.88. The molecule has 7 nitrogen and oxygen atoms in total. The SMILES string of the molecule is COc1cccc(OCC(=O)Nc2c(C(=O)c3cccc(OC)c3)oc3ccccc23)c1. The van der Waals surface area contributed by atoms with E-state index in [9.17, 15) is 9.59 Å². The summed E-state index contributed by atoms with van der Waals surface area (Å²) >= 11 is 0. The number of anilines is 1. The number of ether oxygens (including phenoxy) is 3. The fraction of sp³-hybridized carbons (Fsp3) is 0.120. The Bertz CT molecular complexity index is 1280. The number of hydrogen-bond donors (Lipinski definition) is 1. The van der Waals surface area contributed by atoms with Gasteiger partial charge in [0.2, 0.25) is 5.78 Å². The van der Waals surface area contributed by atoms with Crippen LogP contribution in [0.1, 0.15) is 16.1 Å². The first kappa shape index (κ1) is 21.0. The first-order valence-electron chi connectivity index (χ1n) is 9.86. The van der Waals surface area contributed by atoms with Crippen molar-refractivity contribution in [2.24, 2.45) is 0 Å². The average Bonchev–Trinajstić information content (AvgIpc) is 3.20. The molecule has 0 radical (unpaired) electrons. The lowest BCUT2D eigenvalue weighted by atomic mass is 10.1. The van der Waals surface area contributed by atoms with Gasteiger partial charge in [0.25, 0.3) is 5.91 Å². The zero-order valence-electron chi connectivity index (χ0n) is 17.6. The number of furan rings is 1. The Hall–Kier alpha value is -4.26. The maximum Gasteiger partial charge on any atom is 0.262 e. The molecule has 0 saturated heterocycles. The second-order valence-electron chi connectivity index (χ2n) is 6.88. The minimum Gasteiger partial charge on any atom is -0.497 e. The molecule has 0 aliphatic heterocycles. The van der Waals surface area contributed by atoms with Gasteiger partial charge in [-0.1, -0.05) is 30.3 Å². The number of carbonyl (C=O) groups is 2. The van der Waals surface area contributed by atoms with Crippen LogP contribution in [0.2, 0.25) is 0 Å². The van der Waals surface area contributed by atoms with Crippen molar-refractivity contribution in [2.45, 2.75) is 0 Å². The highest BCUT2D eigenvalue weighted by Gasteiger charge is 2.23. The topological polar surface area (TPSA) is 87.0 Å². The van der Waals surface area contributed by atoms with E-state index in [1.807, 2.05) is 0 Å². The predicted molar refractivity (Wildman–Crippen MR) is 120 cm³/mol. The molecular formula is C25H21NO6. The summed E-state index contributed by atoms with van der Waals surface area (Å²) in [5, 5.41) is 3.39. The largest absolute Gasteiger partial charge is 0.497 e. The van der Waals surface area contributed by atoms with Crippen molar-refractivity contribution in [1.82, 2.24) is 0 Å². The van der Waals surface area contributed by atoms with Gasteiger partial charge in [-0.05, 0) is 36.4 Å². The number of amides is 1. The van der Waals surface area contributed by atoms with Crippen molar-refractivity contribution in [1.29, 1.82) is 0 Å². The Kier molecular flexibility index (Phi) is 6.07. The average molecular weight is 431 g/mol. The van der Waals surface area contributed by atoms with Crippen LogP contribution in [0.4, 0.5) is 5.69 Å². The van der Waals surface area contributed by atoms with Gasteiger partial charge in [0.15, 0.2) is 12.4 Å². The number of benzene rings is 3. The van der Waals surface area contributed by atoms with Crippen LogP contribution in [0.5, 0.6) is 17.2 Å². The Morgan fingerprint density at radius 3 is 2.31 bits per heavy atom. The highest BCUT2D eigenvalue weighted by atomic mass is 16.5. The molecule has 1 heterocycles. The molecule has 4 aromatic rings. The number of hydrogen-bond acceptors (Lipinski definition) is 6. The van der Waals surface area contributed by atoms with E-state index in [-0.39, 0.29) is 18.2 Å². The molecule has 0 atom stereocenters. The number of nitrogens with one attached hydrogen (secondary N) is 1. The molecule has 0 saturated carbocycles. The van der Waals surface area contributed by atoms with Crippen LogP contribution in [0.3, 0.4) is 0 Å². The fourth-order valence-corrected chi connectivity index (χ4v) is 3.24. The molecular weight excluding hydrogens is 410 g/mol. The van der Waals surface area contributed by atoms with Crippen LogP contribution in [0.25, 0.3) is 11.0 Å². The van der Waals surface area contributed by atoms with Gasteiger partial charge >= 0.3 is 0 Å². The second kappa shape index (κ2) is 9.26. The Morgan fingerprint density at radius 2 is 1.53 bits per heavy atom. The molecule has 0 aliphatic rings. The number of ketones is 1. The predicted octanol–water partition coefficient (Wildman–Crippen LogP) is 4.70. The molecule has 4 rings (SSSR count). The molecule has 0 bridgehead atoms. The normalized spacial score (nSPS) is 10.6. The van der Waals surface area contributed by atoms with E-state index in [2.05, 4.69) is 5.32 Å². The Balaban J connectivity index is 1.59. The minimum absolute atomic E-state index is 0.0363. The highest BCUT2D eigenvalue weighted by Crippen LogP contribution is 2.33. The van der Waals surface area contributed by atoms with Gasteiger partial charge in [-0.3, -0.25) is 9.59 Å². The first-order valence-corrected chi connectivity index (χ1v) is 9.86. The molecule has 1 amide bonds. The molecule has 1 N–H and O–H groups in total. The summed E-state index contributed by atoms with van der Waals surface area (Å²) in [6.45, 7) is -0.251. The highest BCUT2D eigenvalue weighted by molar-refractivity contribution is 6.17.